The molecule has 0 saturated heterocycles. The largest absolute Gasteiger partial charge is 0.484 e. The Morgan fingerprint density at radius 1 is 1.04 bits per heavy atom. The Kier molecular flexibility index (Phi) is 6.91. The Balaban J connectivity index is 2.03. The molecule has 0 fully saturated rings. The average Bonchev–Trinajstić information content (AvgIpc) is 2.60. The molecular weight excluding hydrogens is 332 g/mol. The second-order valence-electron chi connectivity index (χ2n) is 5.69. The molecule has 0 atom stereocenters. The van der Waals surface area contributed by atoms with Crippen molar-refractivity contribution in [2.45, 2.75) is 20.8 Å². The molecule has 0 unspecified atom stereocenters. The molecule has 0 aromatic heterocycles. The number of nitrogens with zero attached hydrogens (tertiary/aromatic N) is 1. The lowest BCUT2D eigenvalue weighted by atomic mass is 10.1. The van der Waals surface area contributed by atoms with Gasteiger partial charge in [-0.2, -0.15) is 5.10 Å². The van der Waals surface area contributed by atoms with Gasteiger partial charge in [-0.3, -0.25) is 4.79 Å². The Morgan fingerprint density at radius 3 is 2.31 bits per heavy atom. The van der Waals surface area contributed by atoms with Crippen LogP contribution < -0.4 is 10.2 Å². The molecule has 1 N–H and O–H groups in total. The molecule has 6 heteroatoms. The first-order chi connectivity index (χ1) is 12.5. The summed E-state index contributed by atoms with van der Waals surface area (Å²) in [5, 5.41) is 3.92. The summed E-state index contributed by atoms with van der Waals surface area (Å²) in [6, 6.07) is 14.5. The van der Waals surface area contributed by atoms with Crippen molar-refractivity contribution in [1.82, 2.24) is 5.43 Å². The van der Waals surface area contributed by atoms with Gasteiger partial charge in [-0.05, 0) is 44.0 Å². The van der Waals surface area contributed by atoms with Gasteiger partial charge in [0.2, 0.25) is 0 Å². The van der Waals surface area contributed by atoms with Crippen LogP contribution in [0.15, 0.2) is 53.6 Å². The highest BCUT2D eigenvalue weighted by molar-refractivity contribution is 6.43. The summed E-state index contributed by atoms with van der Waals surface area (Å²) in [6.45, 7) is 5.62. The smallest absolute Gasteiger partial charge is 0.359 e. The Bertz CT molecular complexity index is 780. The van der Waals surface area contributed by atoms with E-state index >= 15 is 0 Å². The van der Waals surface area contributed by atoms with Crippen molar-refractivity contribution in [3.63, 3.8) is 0 Å². The summed E-state index contributed by atoms with van der Waals surface area (Å²) in [6.07, 6.45) is 0. The number of hydrogen-bond donors (Lipinski definition) is 1. The molecule has 0 saturated carbocycles. The normalized spacial score (nSPS) is 11.0. The predicted molar refractivity (Wildman–Crippen MR) is 99.2 cm³/mol. The number of rotatable bonds is 7. The van der Waals surface area contributed by atoms with Crippen LogP contribution in [0.3, 0.4) is 0 Å². The van der Waals surface area contributed by atoms with Gasteiger partial charge in [0, 0.05) is 5.56 Å². The highest BCUT2D eigenvalue weighted by Gasteiger charge is 2.16. The maximum atomic E-state index is 12.1. The molecule has 2 aromatic carbocycles. The second kappa shape index (κ2) is 9.36. The van der Waals surface area contributed by atoms with E-state index in [0.29, 0.717) is 11.3 Å². The molecule has 0 aliphatic carbocycles. The predicted octanol–water partition coefficient (Wildman–Crippen LogP) is 2.77. The van der Waals surface area contributed by atoms with Crippen LogP contribution in [-0.2, 0) is 14.3 Å². The average molecular weight is 354 g/mol. The van der Waals surface area contributed by atoms with E-state index in [0.717, 1.165) is 11.1 Å². The van der Waals surface area contributed by atoms with Crippen molar-refractivity contribution in [2.24, 2.45) is 5.10 Å². The Hall–Kier alpha value is -3.15. The van der Waals surface area contributed by atoms with Crippen LogP contribution in [0.25, 0.3) is 0 Å². The molecule has 0 heterocycles. The third-order valence-electron chi connectivity index (χ3n) is 3.37. The molecule has 26 heavy (non-hydrogen) atoms. The van der Waals surface area contributed by atoms with Gasteiger partial charge in [0.25, 0.3) is 5.91 Å². The van der Waals surface area contributed by atoms with E-state index in [1.165, 1.54) is 0 Å². The molecule has 0 aliphatic heterocycles. The highest BCUT2D eigenvalue weighted by Crippen LogP contribution is 2.15. The van der Waals surface area contributed by atoms with Crippen LogP contribution in [0.5, 0.6) is 5.75 Å². The van der Waals surface area contributed by atoms with Crippen LogP contribution in [0.2, 0.25) is 0 Å². The number of ether oxygens (including phenoxy) is 2. The maximum absolute atomic E-state index is 12.1. The fourth-order valence-corrected chi connectivity index (χ4v) is 2.34. The quantitative estimate of drug-likeness (QED) is 0.471. The molecule has 0 aliphatic rings. The summed E-state index contributed by atoms with van der Waals surface area (Å²) in [4.78, 5) is 24.1. The topological polar surface area (TPSA) is 77.0 Å². The number of esters is 1. The zero-order valence-electron chi connectivity index (χ0n) is 15.1. The molecule has 6 nitrogen and oxygen atoms in total. The Morgan fingerprint density at radius 2 is 1.69 bits per heavy atom. The zero-order chi connectivity index (χ0) is 18.9. The van der Waals surface area contributed by atoms with E-state index in [1.54, 1.807) is 31.2 Å². The van der Waals surface area contributed by atoms with Gasteiger partial charge in [-0.15, -0.1) is 0 Å². The van der Waals surface area contributed by atoms with Crippen molar-refractivity contribution in [3.8, 4) is 5.75 Å². The van der Waals surface area contributed by atoms with Crippen molar-refractivity contribution in [2.75, 3.05) is 13.2 Å². The molecule has 0 bridgehead atoms. The molecule has 0 radical (unpaired) electrons. The van der Waals surface area contributed by atoms with Gasteiger partial charge in [-0.1, -0.05) is 36.4 Å². The third-order valence-corrected chi connectivity index (χ3v) is 3.37. The number of aryl methyl sites for hydroxylation is 2. The first kappa shape index (κ1) is 19.2. The summed E-state index contributed by atoms with van der Waals surface area (Å²) >= 11 is 0. The third kappa shape index (κ3) is 5.73. The molecule has 136 valence electrons. The van der Waals surface area contributed by atoms with Gasteiger partial charge in [-0.25, -0.2) is 10.2 Å². The summed E-state index contributed by atoms with van der Waals surface area (Å²) < 4.78 is 10.5. The second-order valence-corrected chi connectivity index (χ2v) is 5.69. The number of benzene rings is 2. The van der Waals surface area contributed by atoms with Gasteiger partial charge in [0.1, 0.15) is 5.75 Å². The molecule has 2 rings (SSSR count). The molecule has 1 amide bonds. The minimum absolute atomic E-state index is 0.0344. The van der Waals surface area contributed by atoms with Crippen molar-refractivity contribution in [3.05, 3.63) is 65.2 Å². The summed E-state index contributed by atoms with van der Waals surface area (Å²) in [5.41, 5.74) is 5.03. The van der Waals surface area contributed by atoms with Crippen molar-refractivity contribution >= 4 is 17.6 Å². The van der Waals surface area contributed by atoms with Crippen LogP contribution in [0.4, 0.5) is 0 Å². The minimum atomic E-state index is -0.603. The van der Waals surface area contributed by atoms with Gasteiger partial charge in [0.05, 0.1) is 6.61 Å². The van der Waals surface area contributed by atoms with Crippen LogP contribution in [0.1, 0.15) is 23.6 Å². The number of carbonyl (C=O) groups excluding carboxylic acids is 2. The highest BCUT2D eigenvalue weighted by atomic mass is 16.5. The fourth-order valence-electron chi connectivity index (χ4n) is 2.34. The van der Waals surface area contributed by atoms with Crippen molar-refractivity contribution in [1.29, 1.82) is 0 Å². The van der Waals surface area contributed by atoms with Crippen LogP contribution >= 0.6 is 0 Å². The van der Waals surface area contributed by atoms with E-state index < -0.39 is 11.9 Å². The van der Waals surface area contributed by atoms with Crippen LogP contribution in [-0.4, -0.2) is 30.8 Å². The maximum Gasteiger partial charge on any atom is 0.359 e. The van der Waals surface area contributed by atoms with Crippen LogP contribution in [0, 0.1) is 13.8 Å². The lowest BCUT2D eigenvalue weighted by Gasteiger charge is -2.09. The van der Waals surface area contributed by atoms with Gasteiger partial charge < -0.3 is 9.47 Å². The number of amides is 1. The number of hydrazone groups is 1. The minimum Gasteiger partial charge on any atom is -0.484 e. The van der Waals surface area contributed by atoms with Gasteiger partial charge in [0.15, 0.2) is 12.3 Å². The number of hydrogen-bond acceptors (Lipinski definition) is 5. The monoisotopic (exact) mass is 354 g/mol. The zero-order valence-corrected chi connectivity index (χ0v) is 15.1. The lowest BCUT2D eigenvalue weighted by molar-refractivity contribution is -0.134. The summed E-state index contributed by atoms with van der Waals surface area (Å²) in [7, 11) is 0. The lowest BCUT2D eigenvalue weighted by Crippen LogP contribution is -2.29. The molecule has 2 aromatic rings. The molecular formula is C20H22N2O4. The number of carbonyl (C=O) groups is 2. The van der Waals surface area contributed by atoms with E-state index in [9.17, 15) is 9.59 Å². The Labute approximate surface area is 152 Å². The van der Waals surface area contributed by atoms with E-state index in [-0.39, 0.29) is 18.9 Å². The van der Waals surface area contributed by atoms with E-state index in [1.807, 2.05) is 38.1 Å². The first-order valence-electron chi connectivity index (χ1n) is 8.29. The standard InChI is InChI=1S/C20H22N2O4/c1-4-25-20(24)19(16-8-6-5-7-9-16)22-21-18(23)13-26-17-11-14(2)10-15(3)12-17/h5-12H,4,13H2,1-3H3,(H,21,23)/b22-19-. The number of nitrogens with one attached hydrogen (secondary N) is 1. The first-order valence-corrected chi connectivity index (χ1v) is 8.29. The van der Waals surface area contributed by atoms with Gasteiger partial charge >= 0.3 is 5.97 Å². The SMILES string of the molecule is CCOC(=O)/C(=N\NC(=O)COc1cc(C)cc(C)c1)c1ccccc1. The summed E-state index contributed by atoms with van der Waals surface area (Å²) in [5.74, 6) is -0.466. The van der Waals surface area contributed by atoms with Crippen molar-refractivity contribution < 1.29 is 19.1 Å². The van der Waals surface area contributed by atoms with E-state index in [2.05, 4.69) is 10.5 Å². The fraction of sp³-hybridized carbons (Fsp3) is 0.250. The van der Waals surface area contributed by atoms with E-state index in [4.69, 9.17) is 9.47 Å². The molecule has 0 spiro atoms.